The Bertz CT molecular complexity index is 1250. The molecule has 8 heteroatoms. The summed E-state index contributed by atoms with van der Waals surface area (Å²) in [6.07, 6.45) is 4.97. The van der Waals surface area contributed by atoms with Crippen LogP contribution in [0.4, 0.5) is 8.78 Å². The molecule has 0 saturated heterocycles. The number of thioether (sulfide) groups is 1. The Labute approximate surface area is 228 Å². The van der Waals surface area contributed by atoms with E-state index >= 15 is 0 Å². The van der Waals surface area contributed by atoms with Gasteiger partial charge in [0.15, 0.2) is 0 Å². The maximum atomic E-state index is 13.9. The smallest absolute Gasteiger partial charge is 0.324 e. The van der Waals surface area contributed by atoms with Crippen molar-refractivity contribution in [1.82, 2.24) is 5.32 Å². The van der Waals surface area contributed by atoms with Gasteiger partial charge in [-0.05, 0) is 109 Å². The van der Waals surface area contributed by atoms with E-state index in [2.05, 4.69) is 55.6 Å². The number of unbranched alkanes of at least 4 members (excludes halogenated alkanes) is 1. The second-order valence-electron chi connectivity index (χ2n) is 9.54. The van der Waals surface area contributed by atoms with Gasteiger partial charge in [-0.3, -0.25) is 4.57 Å². The standard InChI is InChI=1S/C30H36F2NO3PS/c1-22-7-8-25(16-23(22)2)17-26(27-18-28(31)20-29(32)19-27)6-3-4-15-38-30-11-9-24(10-12-30)21-33-13-5-14-37(34,35)36/h7-12,16-20,33H,3-6,13-15,21H2,1-2H3,(H2,34,35,36). The van der Waals surface area contributed by atoms with Crippen molar-refractivity contribution in [3.63, 3.8) is 0 Å². The monoisotopic (exact) mass is 559 g/mol. The van der Waals surface area contributed by atoms with E-state index in [-0.39, 0.29) is 6.16 Å². The lowest BCUT2D eigenvalue weighted by Gasteiger charge is -2.11. The van der Waals surface area contributed by atoms with Gasteiger partial charge in [-0.15, -0.1) is 11.8 Å². The van der Waals surface area contributed by atoms with E-state index in [1.165, 1.54) is 28.2 Å². The Hall–Kier alpha value is -2.28. The molecule has 0 amide bonds. The minimum Gasteiger partial charge on any atom is -0.324 e. The second-order valence-corrected chi connectivity index (χ2v) is 12.5. The summed E-state index contributed by atoms with van der Waals surface area (Å²) in [5.74, 6) is -0.198. The molecule has 3 aromatic carbocycles. The molecule has 0 saturated carbocycles. The Morgan fingerprint density at radius 1 is 0.921 bits per heavy atom. The number of rotatable bonds is 14. The SMILES string of the molecule is Cc1ccc(C=C(CCCCSc2ccc(CNCCCP(=O)(O)O)cc2)c2cc(F)cc(F)c2)cc1C. The van der Waals surface area contributed by atoms with Crippen LogP contribution in [-0.2, 0) is 11.1 Å². The summed E-state index contributed by atoms with van der Waals surface area (Å²) < 4.78 is 38.8. The minimum absolute atomic E-state index is 0.0996. The van der Waals surface area contributed by atoms with Crippen molar-refractivity contribution >= 4 is 31.0 Å². The van der Waals surface area contributed by atoms with Crippen molar-refractivity contribution in [3.05, 3.63) is 100 Å². The van der Waals surface area contributed by atoms with Crippen molar-refractivity contribution in [1.29, 1.82) is 0 Å². The minimum atomic E-state index is -3.92. The first-order chi connectivity index (χ1) is 18.1. The van der Waals surface area contributed by atoms with Crippen LogP contribution in [0, 0.1) is 25.5 Å². The van der Waals surface area contributed by atoms with E-state index in [1.807, 2.05) is 12.1 Å². The van der Waals surface area contributed by atoms with E-state index in [1.54, 1.807) is 11.8 Å². The van der Waals surface area contributed by atoms with Crippen LogP contribution in [0.3, 0.4) is 0 Å². The zero-order valence-corrected chi connectivity index (χ0v) is 23.6. The number of hydrogen-bond donors (Lipinski definition) is 3. The van der Waals surface area contributed by atoms with Crippen molar-refractivity contribution in [2.45, 2.75) is 51.0 Å². The molecule has 3 rings (SSSR count). The molecule has 204 valence electrons. The van der Waals surface area contributed by atoms with Crippen molar-refractivity contribution in [3.8, 4) is 0 Å². The van der Waals surface area contributed by atoms with Gasteiger partial charge in [-0.1, -0.05) is 36.4 Å². The summed E-state index contributed by atoms with van der Waals surface area (Å²) in [7, 11) is -3.92. The fraction of sp³-hybridized carbons (Fsp3) is 0.333. The molecule has 0 fully saturated rings. The molecular formula is C30H36F2NO3PS. The lowest BCUT2D eigenvalue weighted by atomic mass is 9.96. The topological polar surface area (TPSA) is 69.6 Å². The van der Waals surface area contributed by atoms with Crippen molar-refractivity contribution in [2.24, 2.45) is 0 Å². The molecule has 0 spiro atoms. The first-order valence-corrected chi connectivity index (χ1v) is 15.6. The highest BCUT2D eigenvalue weighted by Crippen LogP contribution is 2.34. The number of hydrogen-bond acceptors (Lipinski definition) is 3. The molecule has 3 N–H and O–H groups in total. The van der Waals surface area contributed by atoms with Crippen LogP contribution in [0.5, 0.6) is 0 Å². The molecule has 0 unspecified atom stereocenters. The summed E-state index contributed by atoms with van der Waals surface area (Å²) in [5.41, 5.74) is 6.04. The van der Waals surface area contributed by atoms with E-state index < -0.39 is 19.2 Å². The van der Waals surface area contributed by atoms with Gasteiger partial charge in [0, 0.05) is 17.5 Å². The maximum Gasteiger partial charge on any atom is 0.325 e. The third-order valence-electron chi connectivity index (χ3n) is 6.27. The van der Waals surface area contributed by atoms with E-state index in [9.17, 15) is 13.3 Å². The first kappa shape index (κ1) is 30.3. The normalized spacial score (nSPS) is 12.2. The number of aryl methyl sites for hydroxylation is 2. The fourth-order valence-corrected chi connectivity index (χ4v) is 5.53. The summed E-state index contributed by atoms with van der Waals surface area (Å²) >= 11 is 1.78. The van der Waals surface area contributed by atoms with Gasteiger partial charge in [-0.25, -0.2) is 8.78 Å². The quantitative estimate of drug-likeness (QED) is 0.0816. The lowest BCUT2D eigenvalue weighted by Crippen LogP contribution is -2.15. The Morgan fingerprint density at radius 2 is 1.63 bits per heavy atom. The van der Waals surface area contributed by atoms with Crippen LogP contribution in [0.25, 0.3) is 11.6 Å². The van der Waals surface area contributed by atoms with Crippen molar-refractivity contribution < 1.29 is 23.1 Å². The predicted molar refractivity (Wildman–Crippen MR) is 154 cm³/mol. The van der Waals surface area contributed by atoms with Gasteiger partial charge >= 0.3 is 7.60 Å². The summed E-state index contributed by atoms with van der Waals surface area (Å²) in [5, 5.41) is 3.21. The number of nitrogens with one attached hydrogen (secondary N) is 1. The van der Waals surface area contributed by atoms with Crippen LogP contribution >= 0.6 is 19.4 Å². The summed E-state index contributed by atoms with van der Waals surface area (Å²) in [6.45, 7) is 5.34. The van der Waals surface area contributed by atoms with Gasteiger partial charge in [0.25, 0.3) is 0 Å². The van der Waals surface area contributed by atoms with Crippen LogP contribution < -0.4 is 5.32 Å². The highest BCUT2D eigenvalue weighted by atomic mass is 32.2. The third kappa shape index (κ3) is 10.8. The summed E-state index contributed by atoms with van der Waals surface area (Å²) in [4.78, 5) is 19.0. The van der Waals surface area contributed by atoms with Crippen LogP contribution in [0.15, 0.2) is 65.6 Å². The van der Waals surface area contributed by atoms with Gasteiger partial charge in [-0.2, -0.15) is 0 Å². The van der Waals surface area contributed by atoms with Crippen LogP contribution in [0.2, 0.25) is 0 Å². The molecule has 0 aromatic heterocycles. The van der Waals surface area contributed by atoms with Gasteiger partial charge < -0.3 is 15.1 Å². The predicted octanol–water partition coefficient (Wildman–Crippen LogP) is 7.74. The largest absolute Gasteiger partial charge is 0.325 e. The first-order valence-electron chi connectivity index (χ1n) is 12.8. The molecule has 0 bridgehead atoms. The zero-order valence-electron chi connectivity index (χ0n) is 21.9. The third-order valence-corrected chi connectivity index (χ3v) is 8.27. The lowest BCUT2D eigenvalue weighted by molar-refractivity contribution is 0.371. The van der Waals surface area contributed by atoms with Crippen LogP contribution in [0.1, 0.15) is 53.5 Å². The molecule has 38 heavy (non-hydrogen) atoms. The Kier molecular flexibility index (Phi) is 11.8. The summed E-state index contributed by atoms with van der Waals surface area (Å²) in [6, 6.07) is 18.2. The number of allylic oxidation sites excluding steroid dienone is 1. The van der Waals surface area contributed by atoms with Crippen molar-refractivity contribution in [2.75, 3.05) is 18.5 Å². The number of halogens is 2. The fourth-order valence-electron chi connectivity index (χ4n) is 4.05. The Morgan fingerprint density at radius 3 is 2.29 bits per heavy atom. The molecule has 0 aliphatic rings. The highest BCUT2D eigenvalue weighted by Gasteiger charge is 2.11. The molecule has 0 aliphatic heterocycles. The molecule has 0 atom stereocenters. The maximum absolute atomic E-state index is 13.9. The molecule has 3 aromatic rings. The van der Waals surface area contributed by atoms with Crippen LogP contribution in [-0.4, -0.2) is 28.2 Å². The average molecular weight is 560 g/mol. The Balaban J connectivity index is 1.49. The second kappa shape index (κ2) is 14.8. The highest BCUT2D eigenvalue weighted by molar-refractivity contribution is 7.99. The molecule has 0 aliphatic carbocycles. The van der Waals surface area contributed by atoms with E-state index in [0.29, 0.717) is 25.1 Å². The molecule has 0 radical (unpaired) electrons. The van der Waals surface area contributed by atoms with Gasteiger partial charge in [0.05, 0.1) is 6.16 Å². The van der Waals surface area contributed by atoms with Gasteiger partial charge in [0.1, 0.15) is 11.6 Å². The van der Waals surface area contributed by atoms with E-state index in [0.717, 1.165) is 47.8 Å². The zero-order chi connectivity index (χ0) is 27.5. The molecule has 4 nitrogen and oxygen atoms in total. The molecular weight excluding hydrogens is 523 g/mol. The average Bonchev–Trinajstić information content (AvgIpc) is 2.84. The van der Waals surface area contributed by atoms with Gasteiger partial charge in [0.2, 0.25) is 0 Å². The number of benzene rings is 3. The van der Waals surface area contributed by atoms with E-state index in [4.69, 9.17) is 9.79 Å². The molecule has 0 heterocycles.